The third-order valence-electron chi connectivity index (χ3n) is 3.17. The maximum atomic E-state index is 6.26. The van der Waals surface area contributed by atoms with E-state index in [0.717, 1.165) is 12.2 Å². The van der Waals surface area contributed by atoms with Gasteiger partial charge in [0.25, 0.3) is 0 Å². The van der Waals surface area contributed by atoms with E-state index in [2.05, 4.69) is 32.0 Å². The largest absolute Gasteiger partial charge is 0.497 e. The summed E-state index contributed by atoms with van der Waals surface area (Å²) in [6, 6.07) is 10.4. The van der Waals surface area contributed by atoms with Crippen LogP contribution in [-0.2, 0) is 6.42 Å². The molecule has 2 nitrogen and oxygen atoms in total. The molecule has 2 aromatic rings. The maximum Gasteiger partial charge on any atom is 0.118 e. The number of ether oxygens (including phenoxy) is 1. The standard InChI is InChI=1S/C15H19NOS/c1-10-8-15(18-11(10)2)14(16)9-12-4-6-13(17-3)7-5-12/h4-8,14H,9,16H2,1-3H3. The molecule has 0 saturated heterocycles. The second-order valence-electron chi connectivity index (χ2n) is 4.55. The number of thiophene rings is 1. The van der Waals surface area contributed by atoms with Crippen LogP contribution < -0.4 is 10.5 Å². The van der Waals surface area contributed by atoms with Crippen LogP contribution in [0.2, 0.25) is 0 Å². The molecule has 18 heavy (non-hydrogen) atoms. The summed E-state index contributed by atoms with van der Waals surface area (Å²) in [5.74, 6) is 0.884. The van der Waals surface area contributed by atoms with Crippen LogP contribution in [0.1, 0.15) is 26.9 Å². The van der Waals surface area contributed by atoms with Gasteiger partial charge in [0.1, 0.15) is 5.75 Å². The van der Waals surface area contributed by atoms with Crippen molar-refractivity contribution in [3.8, 4) is 5.75 Å². The van der Waals surface area contributed by atoms with Crippen LogP contribution in [0.4, 0.5) is 0 Å². The topological polar surface area (TPSA) is 35.2 Å². The van der Waals surface area contributed by atoms with E-state index in [1.807, 2.05) is 12.1 Å². The monoisotopic (exact) mass is 261 g/mol. The van der Waals surface area contributed by atoms with Crippen LogP contribution in [0.5, 0.6) is 5.75 Å². The number of nitrogens with two attached hydrogens (primary N) is 1. The molecule has 1 aromatic heterocycles. The van der Waals surface area contributed by atoms with E-state index >= 15 is 0 Å². The van der Waals surface area contributed by atoms with Gasteiger partial charge in [-0.3, -0.25) is 0 Å². The van der Waals surface area contributed by atoms with E-state index in [9.17, 15) is 0 Å². The quantitative estimate of drug-likeness (QED) is 0.912. The molecule has 1 aromatic carbocycles. The van der Waals surface area contributed by atoms with Crippen LogP contribution in [0.3, 0.4) is 0 Å². The van der Waals surface area contributed by atoms with Crippen LogP contribution in [0.15, 0.2) is 30.3 Å². The first-order valence-electron chi connectivity index (χ1n) is 6.05. The van der Waals surface area contributed by atoms with Crippen molar-refractivity contribution in [1.29, 1.82) is 0 Å². The molecule has 0 saturated carbocycles. The lowest BCUT2D eigenvalue weighted by Crippen LogP contribution is -2.11. The molecule has 0 aliphatic heterocycles. The van der Waals surface area contributed by atoms with E-state index in [4.69, 9.17) is 10.5 Å². The minimum absolute atomic E-state index is 0.0794. The Morgan fingerprint density at radius 1 is 1.22 bits per heavy atom. The van der Waals surface area contributed by atoms with Crippen molar-refractivity contribution in [2.24, 2.45) is 5.73 Å². The molecule has 0 spiro atoms. The van der Waals surface area contributed by atoms with Gasteiger partial charge in [-0.2, -0.15) is 0 Å². The molecule has 0 fully saturated rings. The zero-order chi connectivity index (χ0) is 13.1. The first kappa shape index (κ1) is 13.1. The van der Waals surface area contributed by atoms with Gasteiger partial charge in [0.2, 0.25) is 0 Å². The molecule has 1 heterocycles. The third kappa shape index (κ3) is 2.92. The van der Waals surface area contributed by atoms with Crippen LogP contribution in [-0.4, -0.2) is 7.11 Å². The summed E-state index contributed by atoms with van der Waals surface area (Å²) in [7, 11) is 1.68. The second-order valence-corrected chi connectivity index (χ2v) is 5.83. The zero-order valence-corrected chi connectivity index (χ0v) is 11.9. The average molecular weight is 261 g/mol. The van der Waals surface area contributed by atoms with E-state index in [1.54, 1.807) is 18.4 Å². The summed E-state index contributed by atoms with van der Waals surface area (Å²) in [5.41, 5.74) is 8.84. The Kier molecular flexibility index (Phi) is 4.04. The van der Waals surface area contributed by atoms with Gasteiger partial charge in [0, 0.05) is 15.8 Å². The van der Waals surface area contributed by atoms with Crippen molar-refractivity contribution in [3.63, 3.8) is 0 Å². The Labute approximate surface area is 112 Å². The number of rotatable bonds is 4. The summed E-state index contributed by atoms with van der Waals surface area (Å²) >= 11 is 1.80. The van der Waals surface area contributed by atoms with E-state index < -0.39 is 0 Å². The highest BCUT2D eigenvalue weighted by Gasteiger charge is 2.11. The third-order valence-corrected chi connectivity index (χ3v) is 4.45. The number of methoxy groups -OCH3 is 1. The molecule has 0 aliphatic carbocycles. The summed E-state index contributed by atoms with van der Waals surface area (Å²) < 4.78 is 5.15. The number of hydrogen-bond donors (Lipinski definition) is 1. The van der Waals surface area contributed by atoms with Crippen molar-refractivity contribution in [1.82, 2.24) is 0 Å². The highest BCUT2D eigenvalue weighted by molar-refractivity contribution is 7.12. The highest BCUT2D eigenvalue weighted by atomic mass is 32.1. The summed E-state index contributed by atoms with van der Waals surface area (Å²) in [5, 5.41) is 0. The minimum Gasteiger partial charge on any atom is -0.497 e. The fourth-order valence-electron chi connectivity index (χ4n) is 1.90. The molecule has 3 heteroatoms. The fourth-order valence-corrected chi connectivity index (χ4v) is 2.94. The molecule has 0 amide bonds. The fraction of sp³-hybridized carbons (Fsp3) is 0.333. The van der Waals surface area contributed by atoms with Gasteiger partial charge in [-0.15, -0.1) is 11.3 Å². The van der Waals surface area contributed by atoms with Crippen molar-refractivity contribution >= 4 is 11.3 Å². The SMILES string of the molecule is COc1ccc(CC(N)c2cc(C)c(C)s2)cc1. The van der Waals surface area contributed by atoms with Crippen molar-refractivity contribution < 1.29 is 4.74 Å². The lowest BCUT2D eigenvalue weighted by Gasteiger charge is -2.10. The number of benzene rings is 1. The predicted molar refractivity (Wildman–Crippen MR) is 77.4 cm³/mol. The Balaban J connectivity index is 2.08. The maximum absolute atomic E-state index is 6.26. The molecule has 1 unspecified atom stereocenters. The lowest BCUT2D eigenvalue weighted by molar-refractivity contribution is 0.414. The zero-order valence-electron chi connectivity index (χ0n) is 11.1. The smallest absolute Gasteiger partial charge is 0.118 e. The average Bonchev–Trinajstić information content (AvgIpc) is 2.71. The highest BCUT2D eigenvalue weighted by Crippen LogP contribution is 2.27. The first-order valence-corrected chi connectivity index (χ1v) is 6.87. The van der Waals surface area contributed by atoms with Gasteiger partial charge in [-0.05, 0) is 49.6 Å². The van der Waals surface area contributed by atoms with Crippen molar-refractivity contribution in [3.05, 3.63) is 51.2 Å². The summed E-state index contributed by atoms with van der Waals surface area (Å²) in [4.78, 5) is 2.62. The molecule has 0 radical (unpaired) electrons. The number of hydrogen-bond acceptors (Lipinski definition) is 3. The molecule has 2 N–H and O–H groups in total. The van der Waals surface area contributed by atoms with Gasteiger partial charge in [-0.25, -0.2) is 0 Å². The Morgan fingerprint density at radius 2 is 1.89 bits per heavy atom. The van der Waals surface area contributed by atoms with Gasteiger partial charge in [0.05, 0.1) is 7.11 Å². The summed E-state index contributed by atoms with van der Waals surface area (Å²) in [6.45, 7) is 4.28. The van der Waals surface area contributed by atoms with Crippen molar-refractivity contribution in [2.75, 3.05) is 7.11 Å². The van der Waals surface area contributed by atoms with E-state index in [-0.39, 0.29) is 6.04 Å². The van der Waals surface area contributed by atoms with Crippen LogP contribution in [0, 0.1) is 13.8 Å². The molecule has 2 rings (SSSR count). The normalized spacial score (nSPS) is 12.4. The number of aryl methyl sites for hydroxylation is 2. The van der Waals surface area contributed by atoms with Crippen LogP contribution >= 0.6 is 11.3 Å². The Hall–Kier alpha value is -1.32. The lowest BCUT2D eigenvalue weighted by atomic mass is 10.0. The molecule has 0 bridgehead atoms. The van der Waals surface area contributed by atoms with E-state index in [1.165, 1.54) is 20.9 Å². The molecule has 96 valence electrons. The first-order chi connectivity index (χ1) is 8.60. The van der Waals surface area contributed by atoms with Gasteiger partial charge >= 0.3 is 0 Å². The molecular weight excluding hydrogens is 242 g/mol. The van der Waals surface area contributed by atoms with E-state index in [0.29, 0.717) is 0 Å². The van der Waals surface area contributed by atoms with Gasteiger partial charge in [0.15, 0.2) is 0 Å². The van der Waals surface area contributed by atoms with Gasteiger partial charge < -0.3 is 10.5 Å². The molecule has 0 aliphatic rings. The Bertz CT molecular complexity index is 496. The van der Waals surface area contributed by atoms with Crippen molar-refractivity contribution in [2.45, 2.75) is 26.3 Å². The molecule has 1 atom stereocenters. The Morgan fingerprint density at radius 3 is 2.39 bits per heavy atom. The van der Waals surface area contributed by atoms with Gasteiger partial charge in [-0.1, -0.05) is 12.1 Å². The minimum atomic E-state index is 0.0794. The second kappa shape index (κ2) is 5.55. The predicted octanol–water partition coefficient (Wildman–Crippen LogP) is 3.62. The summed E-state index contributed by atoms with van der Waals surface area (Å²) in [6.07, 6.45) is 0.864. The van der Waals surface area contributed by atoms with Crippen LogP contribution in [0.25, 0.3) is 0 Å². The molecular formula is C15H19NOS.